The van der Waals surface area contributed by atoms with Gasteiger partial charge in [-0.2, -0.15) is 10.4 Å². The van der Waals surface area contributed by atoms with Crippen molar-refractivity contribution in [2.24, 2.45) is 0 Å². The van der Waals surface area contributed by atoms with Gasteiger partial charge in [0.15, 0.2) is 0 Å². The molecule has 3 aromatic carbocycles. The van der Waals surface area contributed by atoms with Crippen LogP contribution in [-0.2, 0) is 9.84 Å². The molecule has 4 aromatic rings. The fourth-order valence-corrected chi connectivity index (χ4v) is 4.71. The van der Waals surface area contributed by atoms with Gasteiger partial charge in [-0.05, 0) is 48.5 Å². The molecule has 0 radical (unpaired) electrons. The van der Waals surface area contributed by atoms with Gasteiger partial charge in [-0.25, -0.2) is 13.1 Å². The van der Waals surface area contributed by atoms with E-state index in [4.69, 9.17) is 16.3 Å². The standard InChI is InChI=1S/C25H18ClN3O3S/c1-32-24-13-12-18(15-23(24)26)25-19(17-29(28-25)20-8-4-2-5-9-20)14-22(16-27)33(30,31)21-10-6-3-7-11-21/h2-15,17H,1H3. The molecule has 0 bridgehead atoms. The maximum absolute atomic E-state index is 13.1. The maximum Gasteiger partial charge on any atom is 0.216 e. The van der Waals surface area contributed by atoms with Gasteiger partial charge >= 0.3 is 0 Å². The van der Waals surface area contributed by atoms with Crippen molar-refractivity contribution in [1.82, 2.24) is 9.78 Å². The highest BCUT2D eigenvalue weighted by Crippen LogP contribution is 2.33. The van der Waals surface area contributed by atoms with Crippen LogP contribution in [0.25, 0.3) is 23.0 Å². The van der Waals surface area contributed by atoms with Crippen molar-refractivity contribution in [3.63, 3.8) is 0 Å². The number of hydrogen-bond acceptors (Lipinski definition) is 5. The number of nitriles is 1. The van der Waals surface area contributed by atoms with Crippen molar-refractivity contribution >= 4 is 27.5 Å². The highest BCUT2D eigenvalue weighted by molar-refractivity contribution is 7.95. The third-order valence-electron chi connectivity index (χ3n) is 4.93. The molecule has 0 aliphatic heterocycles. The molecular weight excluding hydrogens is 458 g/mol. The number of allylic oxidation sites excluding steroid dienone is 1. The third kappa shape index (κ3) is 4.53. The lowest BCUT2D eigenvalue weighted by atomic mass is 10.1. The van der Waals surface area contributed by atoms with Crippen LogP contribution in [0.5, 0.6) is 5.75 Å². The predicted molar refractivity (Wildman–Crippen MR) is 128 cm³/mol. The van der Waals surface area contributed by atoms with E-state index in [0.717, 1.165) is 5.69 Å². The Balaban J connectivity index is 1.90. The van der Waals surface area contributed by atoms with Crippen LogP contribution < -0.4 is 4.74 Å². The minimum atomic E-state index is -4.01. The Labute approximate surface area is 196 Å². The van der Waals surface area contributed by atoms with Gasteiger partial charge in [0.1, 0.15) is 22.4 Å². The van der Waals surface area contributed by atoms with Crippen LogP contribution in [0.15, 0.2) is 94.9 Å². The molecule has 164 valence electrons. The van der Waals surface area contributed by atoms with Gasteiger partial charge in [0.25, 0.3) is 0 Å². The highest BCUT2D eigenvalue weighted by atomic mass is 35.5. The Kier molecular flexibility index (Phi) is 6.31. The number of halogens is 1. The molecule has 0 saturated carbocycles. The summed E-state index contributed by atoms with van der Waals surface area (Å²) in [5.41, 5.74) is 2.36. The van der Waals surface area contributed by atoms with Crippen LogP contribution in [-0.4, -0.2) is 25.3 Å². The van der Waals surface area contributed by atoms with Gasteiger partial charge in [-0.1, -0.05) is 48.0 Å². The summed E-state index contributed by atoms with van der Waals surface area (Å²) in [5.74, 6) is 0.504. The molecule has 0 saturated heterocycles. The Morgan fingerprint density at radius 3 is 2.33 bits per heavy atom. The minimum Gasteiger partial charge on any atom is -0.495 e. The fourth-order valence-electron chi connectivity index (χ4n) is 3.28. The highest BCUT2D eigenvalue weighted by Gasteiger charge is 2.22. The van der Waals surface area contributed by atoms with E-state index < -0.39 is 9.84 Å². The van der Waals surface area contributed by atoms with Crippen molar-refractivity contribution in [2.75, 3.05) is 7.11 Å². The molecule has 0 N–H and O–H groups in total. The Morgan fingerprint density at radius 1 is 1.06 bits per heavy atom. The van der Waals surface area contributed by atoms with Gasteiger partial charge in [0, 0.05) is 17.3 Å². The molecule has 0 aliphatic rings. The first-order valence-electron chi connectivity index (χ1n) is 9.85. The number of nitrogens with zero attached hydrogens (tertiary/aromatic N) is 3. The van der Waals surface area contributed by atoms with Crippen molar-refractivity contribution in [2.45, 2.75) is 4.90 Å². The van der Waals surface area contributed by atoms with Crippen LogP contribution in [0, 0.1) is 11.3 Å². The summed E-state index contributed by atoms with van der Waals surface area (Å²) in [7, 11) is -2.48. The summed E-state index contributed by atoms with van der Waals surface area (Å²) < 4.78 is 33.0. The zero-order valence-electron chi connectivity index (χ0n) is 17.5. The summed E-state index contributed by atoms with van der Waals surface area (Å²) in [5, 5.41) is 14.8. The second-order valence-corrected chi connectivity index (χ2v) is 9.32. The van der Waals surface area contributed by atoms with Crippen molar-refractivity contribution < 1.29 is 13.2 Å². The Hall–Kier alpha value is -3.86. The van der Waals surface area contributed by atoms with E-state index in [9.17, 15) is 13.7 Å². The van der Waals surface area contributed by atoms with E-state index in [0.29, 0.717) is 27.6 Å². The van der Waals surface area contributed by atoms with Gasteiger partial charge in [-0.3, -0.25) is 0 Å². The number of benzene rings is 3. The molecular formula is C25H18ClN3O3S. The number of hydrogen-bond donors (Lipinski definition) is 0. The first-order valence-corrected chi connectivity index (χ1v) is 11.7. The van der Waals surface area contributed by atoms with E-state index in [1.54, 1.807) is 47.3 Å². The number of ether oxygens (including phenoxy) is 1. The van der Waals surface area contributed by atoms with Gasteiger partial charge in [-0.15, -0.1) is 0 Å². The van der Waals surface area contributed by atoms with Crippen LogP contribution in [0.4, 0.5) is 0 Å². The quantitative estimate of drug-likeness (QED) is 0.342. The van der Waals surface area contributed by atoms with E-state index in [-0.39, 0.29) is 9.80 Å². The average Bonchev–Trinajstić information content (AvgIpc) is 3.27. The number of para-hydroxylation sites is 1. The van der Waals surface area contributed by atoms with Crippen LogP contribution in [0.2, 0.25) is 5.02 Å². The lowest BCUT2D eigenvalue weighted by Gasteiger charge is -2.06. The topological polar surface area (TPSA) is 85.0 Å². The molecule has 6 nitrogen and oxygen atoms in total. The molecule has 1 aromatic heterocycles. The lowest BCUT2D eigenvalue weighted by molar-refractivity contribution is 0.415. The first-order chi connectivity index (χ1) is 15.9. The van der Waals surface area contributed by atoms with Gasteiger partial charge in [0.2, 0.25) is 9.84 Å². The summed E-state index contributed by atoms with van der Waals surface area (Å²) >= 11 is 6.32. The SMILES string of the molecule is COc1ccc(-c2nn(-c3ccccc3)cc2C=C(C#N)S(=O)(=O)c2ccccc2)cc1Cl. The van der Waals surface area contributed by atoms with Crippen LogP contribution in [0.1, 0.15) is 5.56 Å². The summed E-state index contributed by atoms with van der Waals surface area (Å²) in [6.07, 6.45) is 3.02. The molecule has 4 rings (SSSR count). The summed E-state index contributed by atoms with van der Waals surface area (Å²) in [4.78, 5) is -0.343. The van der Waals surface area contributed by atoms with Crippen molar-refractivity contribution in [3.05, 3.63) is 101 Å². The summed E-state index contributed by atoms with van der Waals surface area (Å²) in [6, 6.07) is 24.2. The lowest BCUT2D eigenvalue weighted by Crippen LogP contribution is -2.03. The second kappa shape index (κ2) is 9.33. The molecule has 0 fully saturated rings. The van der Waals surface area contributed by atoms with Gasteiger partial charge in [0.05, 0.1) is 22.7 Å². The van der Waals surface area contributed by atoms with Crippen molar-refractivity contribution in [3.8, 4) is 28.8 Å². The van der Waals surface area contributed by atoms with E-state index in [1.807, 2.05) is 36.4 Å². The normalized spacial score (nSPS) is 11.7. The Bertz CT molecular complexity index is 1470. The van der Waals surface area contributed by atoms with Crippen LogP contribution >= 0.6 is 11.6 Å². The molecule has 0 aliphatic carbocycles. The van der Waals surface area contributed by atoms with Gasteiger partial charge < -0.3 is 4.74 Å². The van der Waals surface area contributed by atoms with E-state index in [1.165, 1.54) is 25.3 Å². The molecule has 33 heavy (non-hydrogen) atoms. The average molecular weight is 476 g/mol. The zero-order valence-corrected chi connectivity index (χ0v) is 19.1. The fraction of sp³-hybridized carbons (Fsp3) is 0.0400. The maximum atomic E-state index is 13.1. The Morgan fingerprint density at radius 2 is 1.73 bits per heavy atom. The van der Waals surface area contributed by atoms with Crippen molar-refractivity contribution in [1.29, 1.82) is 5.26 Å². The third-order valence-corrected chi connectivity index (χ3v) is 6.90. The minimum absolute atomic E-state index is 0.0438. The molecule has 0 amide bonds. The summed E-state index contributed by atoms with van der Waals surface area (Å²) in [6.45, 7) is 0. The molecule has 0 unspecified atom stereocenters. The van der Waals surface area contributed by atoms with E-state index in [2.05, 4.69) is 5.10 Å². The number of sulfone groups is 1. The number of aromatic nitrogens is 2. The molecule has 8 heteroatoms. The largest absolute Gasteiger partial charge is 0.495 e. The second-order valence-electron chi connectivity index (χ2n) is 7.00. The van der Waals surface area contributed by atoms with Crippen LogP contribution in [0.3, 0.4) is 0 Å². The monoisotopic (exact) mass is 475 g/mol. The molecule has 0 spiro atoms. The molecule has 1 heterocycles. The van der Waals surface area contributed by atoms with E-state index >= 15 is 0 Å². The number of methoxy groups -OCH3 is 1. The predicted octanol–water partition coefficient (Wildman–Crippen LogP) is 5.54. The smallest absolute Gasteiger partial charge is 0.216 e. The zero-order chi connectivity index (χ0) is 23.4. The first kappa shape index (κ1) is 22.3. The number of rotatable bonds is 6. The molecule has 0 atom stereocenters.